The van der Waals surface area contributed by atoms with Crippen LogP contribution < -0.4 is 10.6 Å². The third kappa shape index (κ3) is 4.31. The van der Waals surface area contributed by atoms with Crippen LogP contribution in [-0.4, -0.2) is 79.8 Å². The average molecular weight is 287 g/mol. The first-order valence-electron chi connectivity index (χ1n) is 7.23. The summed E-state index contributed by atoms with van der Waals surface area (Å²) in [4.78, 5) is 13.9. The number of nitrogens with one attached hydrogen (secondary N) is 2. The minimum atomic E-state index is -0.671. The number of hydrogen-bond donors (Lipinski definition) is 3. The van der Waals surface area contributed by atoms with Gasteiger partial charge in [0.2, 0.25) is 0 Å². The zero-order valence-electron chi connectivity index (χ0n) is 12.2. The van der Waals surface area contributed by atoms with Crippen LogP contribution in [0.2, 0.25) is 0 Å². The number of carbonyl (C=O) groups excluding carboxylic acids is 1. The second-order valence-corrected chi connectivity index (χ2v) is 5.65. The largest absolute Gasteiger partial charge is 0.388 e. The van der Waals surface area contributed by atoms with Gasteiger partial charge < -0.3 is 25.2 Å². The van der Waals surface area contributed by atoms with E-state index >= 15 is 0 Å². The van der Waals surface area contributed by atoms with E-state index in [1.165, 1.54) is 0 Å². The minimum absolute atomic E-state index is 0.0682. The molecule has 0 saturated carbocycles. The number of hydrogen-bond acceptors (Lipinski definition) is 5. The van der Waals surface area contributed by atoms with Crippen LogP contribution in [-0.2, 0) is 9.47 Å². The van der Waals surface area contributed by atoms with Gasteiger partial charge in [0.25, 0.3) is 0 Å². The van der Waals surface area contributed by atoms with Crippen molar-refractivity contribution in [2.45, 2.75) is 38.1 Å². The standard InChI is InChI=1S/C13H25N3O4/c1-9(2)14-13(18)15-10-8-20-11(12(10)17)7-16-3-5-19-6-4-16/h9-12,17H,3-8H2,1-2H3,(H2,14,15,18). The highest BCUT2D eigenvalue weighted by atomic mass is 16.5. The van der Waals surface area contributed by atoms with Gasteiger partial charge in [-0.15, -0.1) is 0 Å². The maximum atomic E-state index is 11.6. The molecule has 0 aromatic rings. The fourth-order valence-electron chi connectivity index (χ4n) is 2.48. The Kier molecular flexibility index (Phi) is 5.59. The van der Waals surface area contributed by atoms with Crippen LogP contribution in [0, 0.1) is 0 Å². The summed E-state index contributed by atoms with van der Waals surface area (Å²) < 4.78 is 10.9. The summed E-state index contributed by atoms with van der Waals surface area (Å²) in [5.41, 5.74) is 0. The van der Waals surface area contributed by atoms with Gasteiger partial charge in [0.1, 0.15) is 6.10 Å². The van der Waals surface area contributed by atoms with Gasteiger partial charge in [0.05, 0.1) is 32.0 Å². The molecule has 3 atom stereocenters. The molecule has 2 aliphatic rings. The van der Waals surface area contributed by atoms with E-state index in [1.54, 1.807) is 0 Å². The lowest BCUT2D eigenvalue weighted by molar-refractivity contribution is -0.0180. The number of ether oxygens (including phenoxy) is 2. The highest BCUT2D eigenvalue weighted by molar-refractivity contribution is 5.74. The van der Waals surface area contributed by atoms with Crippen LogP contribution in [0.4, 0.5) is 4.79 Å². The highest BCUT2D eigenvalue weighted by Gasteiger charge is 2.37. The van der Waals surface area contributed by atoms with E-state index in [-0.39, 0.29) is 24.2 Å². The summed E-state index contributed by atoms with van der Waals surface area (Å²) in [5.74, 6) is 0. The Morgan fingerprint density at radius 3 is 2.75 bits per heavy atom. The lowest BCUT2D eigenvalue weighted by atomic mass is 10.1. The Bertz CT molecular complexity index is 321. The molecule has 2 fully saturated rings. The number of morpholine rings is 1. The SMILES string of the molecule is CC(C)NC(=O)NC1COC(CN2CCOCC2)C1O. The maximum absolute atomic E-state index is 11.6. The van der Waals surface area contributed by atoms with Crippen molar-refractivity contribution in [2.24, 2.45) is 0 Å². The van der Waals surface area contributed by atoms with Crippen molar-refractivity contribution in [3.63, 3.8) is 0 Å². The summed E-state index contributed by atoms with van der Waals surface area (Å²) >= 11 is 0. The summed E-state index contributed by atoms with van der Waals surface area (Å²) in [6.07, 6.45) is -0.923. The Hall–Kier alpha value is -0.890. The van der Waals surface area contributed by atoms with Crippen LogP contribution in [0.5, 0.6) is 0 Å². The number of amides is 2. The molecule has 7 heteroatoms. The number of carbonyl (C=O) groups is 1. The fourth-order valence-corrected chi connectivity index (χ4v) is 2.48. The van der Waals surface area contributed by atoms with Crippen molar-refractivity contribution in [1.82, 2.24) is 15.5 Å². The van der Waals surface area contributed by atoms with Gasteiger partial charge in [-0.3, -0.25) is 4.90 Å². The first-order chi connectivity index (χ1) is 9.56. The molecular weight excluding hydrogens is 262 g/mol. The lowest BCUT2D eigenvalue weighted by Crippen LogP contribution is -2.51. The quantitative estimate of drug-likeness (QED) is 0.628. The third-order valence-electron chi connectivity index (χ3n) is 3.56. The summed E-state index contributed by atoms with van der Waals surface area (Å²) in [6.45, 7) is 7.97. The van der Waals surface area contributed by atoms with Crippen molar-refractivity contribution < 1.29 is 19.4 Å². The molecule has 0 aromatic carbocycles. The van der Waals surface area contributed by atoms with Crippen LogP contribution in [0.15, 0.2) is 0 Å². The van der Waals surface area contributed by atoms with Gasteiger partial charge in [-0.2, -0.15) is 0 Å². The van der Waals surface area contributed by atoms with Crippen molar-refractivity contribution >= 4 is 6.03 Å². The molecule has 7 nitrogen and oxygen atoms in total. The maximum Gasteiger partial charge on any atom is 0.315 e. The Morgan fingerprint density at radius 2 is 2.10 bits per heavy atom. The summed E-state index contributed by atoms with van der Waals surface area (Å²) in [5, 5.41) is 15.7. The lowest BCUT2D eigenvalue weighted by Gasteiger charge is -2.29. The number of urea groups is 1. The predicted octanol–water partition coefficient (Wildman–Crippen LogP) is -0.845. The van der Waals surface area contributed by atoms with E-state index in [4.69, 9.17) is 9.47 Å². The molecule has 2 amide bonds. The van der Waals surface area contributed by atoms with Crippen molar-refractivity contribution in [2.75, 3.05) is 39.5 Å². The van der Waals surface area contributed by atoms with Gasteiger partial charge in [-0.1, -0.05) is 0 Å². The van der Waals surface area contributed by atoms with E-state index in [1.807, 2.05) is 13.8 Å². The third-order valence-corrected chi connectivity index (χ3v) is 3.56. The zero-order valence-corrected chi connectivity index (χ0v) is 12.2. The van der Waals surface area contributed by atoms with Crippen molar-refractivity contribution in [1.29, 1.82) is 0 Å². The summed E-state index contributed by atoms with van der Waals surface area (Å²) in [6, 6.07) is -0.543. The number of aliphatic hydroxyl groups excluding tert-OH is 1. The van der Waals surface area contributed by atoms with E-state index in [2.05, 4.69) is 15.5 Å². The normalized spacial score (nSPS) is 31.5. The first kappa shape index (κ1) is 15.5. The molecule has 2 heterocycles. The molecule has 2 rings (SSSR count). The first-order valence-corrected chi connectivity index (χ1v) is 7.23. The van der Waals surface area contributed by atoms with Gasteiger partial charge in [0, 0.05) is 25.7 Å². The van der Waals surface area contributed by atoms with Crippen molar-refractivity contribution in [3.05, 3.63) is 0 Å². The minimum Gasteiger partial charge on any atom is -0.388 e. The Balaban J connectivity index is 1.76. The molecule has 0 spiro atoms. The predicted molar refractivity (Wildman–Crippen MR) is 73.6 cm³/mol. The van der Waals surface area contributed by atoms with E-state index < -0.39 is 6.10 Å². The molecule has 2 aliphatic heterocycles. The fraction of sp³-hybridized carbons (Fsp3) is 0.923. The highest BCUT2D eigenvalue weighted by Crippen LogP contribution is 2.16. The number of nitrogens with zero attached hydrogens (tertiary/aromatic N) is 1. The second-order valence-electron chi connectivity index (χ2n) is 5.65. The van der Waals surface area contributed by atoms with Gasteiger partial charge in [-0.05, 0) is 13.8 Å². The van der Waals surface area contributed by atoms with Gasteiger partial charge in [-0.25, -0.2) is 4.79 Å². The van der Waals surface area contributed by atoms with E-state index in [0.717, 1.165) is 26.3 Å². The Morgan fingerprint density at radius 1 is 1.40 bits per heavy atom. The zero-order chi connectivity index (χ0) is 14.5. The van der Waals surface area contributed by atoms with Crippen LogP contribution in [0.25, 0.3) is 0 Å². The van der Waals surface area contributed by atoms with Crippen LogP contribution >= 0.6 is 0 Å². The van der Waals surface area contributed by atoms with Crippen molar-refractivity contribution in [3.8, 4) is 0 Å². The van der Waals surface area contributed by atoms with Gasteiger partial charge >= 0.3 is 6.03 Å². The monoisotopic (exact) mass is 287 g/mol. The van der Waals surface area contributed by atoms with E-state index in [9.17, 15) is 9.90 Å². The van der Waals surface area contributed by atoms with Gasteiger partial charge in [0.15, 0.2) is 0 Å². The molecule has 0 aromatic heterocycles. The molecule has 0 aliphatic carbocycles. The topological polar surface area (TPSA) is 83.1 Å². The smallest absolute Gasteiger partial charge is 0.315 e. The Labute approximate surface area is 119 Å². The molecular formula is C13H25N3O4. The second kappa shape index (κ2) is 7.21. The average Bonchev–Trinajstić information content (AvgIpc) is 2.72. The molecule has 116 valence electrons. The molecule has 3 N–H and O–H groups in total. The molecule has 3 unspecified atom stereocenters. The molecule has 0 bridgehead atoms. The number of rotatable bonds is 4. The van der Waals surface area contributed by atoms with E-state index in [0.29, 0.717) is 13.2 Å². The molecule has 2 saturated heterocycles. The summed E-state index contributed by atoms with van der Waals surface area (Å²) in [7, 11) is 0. The van der Waals surface area contributed by atoms with Crippen LogP contribution in [0.3, 0.4) is 0 Å². The molecule has 20 heavy (non-hydrogen) atoms. The number of aliphatic hydroxyl groups is 1. The molecule has 0 radical (unpaired) electrons. The van der Waals surface area contributed by atoms with Crippen LogP contribution in [0.1, 0.15) is 13.8 Å².